The lowest BCUT2D eigenvalue weighted by Gasteiger charge is -2.46. The first-order chi connectivity index (χ1) is 6.30. The molecular formula is C10H19NO3. The number of hydrogen-bond donors (Lipinski definition) is 2. The fourth-order valence-electron chi connectivity index (χ4n) is 1.89. The second-order valence-corrected chi connectivity index (χ2v) is 5.09. The van der Waals surface area contributed by atoms with Crippen LogP contribution >= 0.6 is 0 Å². The third-order valence-electron chi connectivity index (χ3n) is 2.70. The molecule has 1 aliphatic rings. The highest BCUT2D eigenvalue weighted by Gasteiger charge is 2.38. The Morgan fingerprint density at radius 2 is 2.00 bits per heavy atom. The molecule has 0 aliphatic carbocycles. The lowest BCUT2D eigenvalue weighted by Crippen LogP contribution is -2.59. The number of aliphatic hydroxyl groups is 1. The standard InChI is InChI=1S/C10H19NO3/c1-10(2,3)8(4-9(13)14)11-5-7(12)6-11/h7-8,12H,4-6H2,1-3H3,(H,13,14). The van der Waals surface area contributed by atoms with Crippen LogP contribution in [0.25, 0.3) is 0 Å². The number of carboxylic acids is 1. The number of likely N-dealkylation sites (tertiary alicyclic amines) is 1. The van der Waals surface area contributed by atoms with E-state index in [-0.39, 0.29) is 24.0 Å². The fraction of sp³-hybridized carbons (Fsp3) is 0.900. The van der Waals surface area contributed by atoms with Crippen molar-refractivity contribution in [2.24, 2.45) is 5.41 Å². The van der Waals surface area contributed by atoms with Gasteiger partial charge in [-0.3, -0.25) is 9.69 Å². The SMILES string of the molecule is CC(C)(C)C(CC(=O)O)N1CC(O)C1. The lowest BCUT2D eigenvalue weighted by molar-refractivity contribution is -0.142. The second-order valence-electron chi connectivity index (χ2n) is 5.09. The monoisotopic (exact) mass is 201 g/mol. The Kier molecular flexibility index (Phi) is 3.17. The van der Waals surface area contributed by atoms with Crippen molar-refractivity contribution in [1.82, 2.24) is 4.90 Å². The predicted molar refractivity (Wildman–Crippen MR) is 53.1 cm³/mol. The molecule has 0 radical (unpaired) electrons. The summed E-state index contributed by atoms with van der Waals surface area (Å²) in [5.74, 6) is -0.772. The van der Waals surface area contributed by atoms with Gasteiger partial charge >= 0.3 is 5.97 Å². The normalized spacial score (nSPS) is 21.7. The van der Waals surface area contributed by atoms with Gasteiger partial charge in [0, 0.05) is 19.1 Å². The van der Waals surface area contributed by atoms with Gasteiger partial charge in [0.2, 0.25) is 0 Å². The third-order valence-corrected chi connectivity index (χ3v) is 2.70. The van der Waals surface area contributed by atoms with Crippen LogP contribution in [0.3, 0.4) is 0 Å². The number of nitrogens with zero attached hydrogens (tertiary/aromatic N) is 1. The van der Waals surface area contributed by atoms with Crippen LogP contribution in [-0.2, 0) is 4.79 Å². The highest BCUT2D eigenvalue weighted by atomic mass is 16.4. The van der Waals surface area contributed by atoms with Gasteiger partial charge in [0.1, 0.15) is 0 Å². The van der Waals surface area contributed by atoms with E-state index in [4.69, 9.17) is 5.11 Å². The van der Waals surface area contributed by atoms with Gasteiger partial charge in [-0.25, -0.2) is 0 Å². The summed E-state index contributed by atoms with van der Waals surface area (Å²) in [7, 11) is 0. The largest absolute Gasteiger partial charge is 0.481 e. The number of aliphatic carboxylic acids is 1. The molecule has 0 aromatic heterocycles. The molecule has 1 rings (SSSR count). The Bertz CT molecular complexity index is 216. The Labute approximate surface area is 84.5 Å². The van der Waals surface area contributed by atoms with Crippen LogP contribution in [0.4, 0.5) is 0 Å². The van der Waals surface area contributed by atoms with E-state index in [0.717, 1.165) is 0 Å². The molecule has 4 nitrogen and oxygen atoms in total. The molecule has 1 fully saturated rings. The quantitative estimate of drug-likeness (QED) is 0.700. The summed E-state index contributed by atoms with van der Waals surface area (Å²) in [5.41, 5.74) is -0.0570. The van der Waals surface area contributed by atoms with Crippen molar-refractivity contribution >= 4 is 5.97 Å². The zero-order valence-electron chi connectivity index (χ0n) is 9.03. The molecule has 0 saturated carbocycles. The van der Waals surface area contributed by atoms with Crippen LogP contribution in [0.15, 0.2) is 0 Å². The summed E-state index contributed by atoms with van der Waals surface area (Å²) in [6.45, 7) is 7.31. The van der Waals surface area contributed by atoms with E-state index in [0.29, 0.717) is 13.1 Å². The number of rotatable bonds is 3. The van der Waals surface area contributed by atoms with Crippen LogP contribution in [0, 0.1) is 5.41 Å². The average Bonchev–Trinajstić information content (AvgIpc) is 1.92. The molecule has 0 aromatic carbocycles. The van der Waals surface area contributed by atoms with Crippen LogP contribution in [-0.4, -0.2) is 46.3 Å². The number of hydrogen-bond acceptors (Lipinski definition) is 3. The van der Waals surface area contributed by atoms with Crippen molar-refractivity contribution in [3.05, 3.63) is 0 Å². The average molecular weight is 201 g/mol. The summed E-state index contributed by atoms with van der Waals surface area (Å²) in [6, 6.07) is 0.0170. The van der Waals surface area contributed by atoms with Gasteiger partial charge in [-0.1, -0.05) is 20.8 Å². The van der Waals surface area contributed by atoms with Crippen LogP contribution in [0.5, 0.6) is 0 Å². The molecule has 0 spiro atoms. The molecule has 0 aromatic rings. The van der Waals surface area contributed by atoms with Crippen LogP contribution in [0.1, 0.15) is 27.2 Å². The molecule has 1 atom stereocenters. The maximum Gasteiger partial charge on any atom is 0.304 e. The predicted octanol–water partition coefficient (Wildman–Crippen LogP) is 0.552. The van der Waals surface area contributed by atoms with E-state index >= 15 is 0 Å². The number of aliphatic hydroxyl groups excluding tert-OH is 1. The number of carboxylic acid groups (broad SMARTS) is 1. The van der Waals surface area contributed by atoms with Gasteiger partial charge in [0.15, 0.2) is 0 Å². The molecule has 4 heteroatoms. The van der Waals surface area contributed by atoms with E-state index in [1.807, 2.05) is 25.7 Å². The summed E-state index contributed by atoms with van der Waals surface area (Å²) in [4.78, 5) is 12.7. The molecule has 82 valence electrons. The van der Waals surface area contributed by atoms with Crippen molar-refractivity contribution in [3.8, 4) is 0 Å². The van der Waals surface area contributed by atoms with Gasteiger partial charge in [0.25, 0.3) is 0 Å². The van der Waals surface area contributed by atoms with E-state index in [9.17, 15) is 9.90 Å². The lowest BCUT2D eigenvalue weighted by atomic mass is 9.82. The maximum absolute atomic E-state index is 10.7. The topological polar surface area (TPSA) is 60.8 Å². The summed E-state index contributed by atoms with van der Waals surface area (Å²) in [6.07, 6.45) is -0.121. The molecule has 0 bridgehead atoms. The van der Waals surface area contributed by atoms with Gasteiger partial charge in [-0.2, -0.15) is 0 Å². The van der Waals surface area contributed by atoms with Gasteiger partial charge < -0.3 is 10.2 Å². The first-order valence-corrected chi connectivity index (χ1v) is 4.94. The molecule has 0 amide bonds. The molecule has 14 heavy (non-hydrogen) atoms. The second kappa shape index (κ2) is 3.87. The molecule has 2 N–H and O–H groups in total. The molecular weight excluding hydrogens is 182 g/mol. The summed E-state index contributed by atoms with van der Waals surface area (Å²) < 4.78 is 0. The van der Waals surface area contributed by atoms with Crippen molar-refractivity contribution in [3.63, 3.8) is 0 Å². The van der Waals surface area contributed by atoms with Crippen LogP contribution in [0.2, 0.25) is 0 Å². The first kappa shape index (κ1) is 11.5. The van der Waals surface area contributed by atoms with Gasteiger partial charge in [0.05, 0.1) is 12.5 Å². The molecule has 1 heterocycles. The first-order valence-electron chi connectivity index (χ1n) is 4.94. The van der Waals surface area contributed by atoms with Crippen molar-refractivity contribution in [2.75, 3.05) is 13.1 Å². The fourth-order valence-corrected chi connectivity index (χ4v) is 1.89. The van der Waals surface area contributed by atoms with Crippen molar-refractivity contribution < 1.29 is 15.0 Å². The Morgan fingerprint density at radius 1 is 1.50 bits per heavy atom. The van der Waals surface area contributed by atoms with E-state index in [1.165, 1.54) is 0 Å². The zero-order valence-corrected chi connectivity index (χ0v) is 9.03. The smallest absolute Gasteiger partial charge is 0.304 e. The van der Waals surface area contributed by atoms with Gasteiger partial charge in [-0.05, 0) is 5.41 Å². The third kappa shape index (κ3) is 2.69. The minimum Gasteiger partial charge on any atom is -0.481 e. The maximum atomic E-state index is 10.7. The van der Waals surface area contributed by atoms with E-state index < -0.39 is 5.97 Å². The van der Waals surface area contributed by atoms with Crippen molar-refractivity contribution in [1.29, 1.82) is 0 Å². The minimum atomic E-state index is -0.772. The molecule has 1 saturated heterocycles. The Morgan fingerprint density at radius 3 is 2.29 bits per heavy atom. The van der Waals surface area contributed by atoms with Gasteiger partial charge in [-0.15, -0.1) is 0 Å². The van der Waals surface area contributed by atoms with Crippen LogP contribution < -0.4 is 0 Å². The zero-order chi connectivity index (χ0) is 10.9. The Balaban J connectivity index is 2.58. The number of β-amino-alcohol motifs (C(OH)–C–C–N with tert-alkyl or cyclic N) is 1. The van der Waals surface area contributed by atoms with Crippen molar-refractivity contribution in [2.45, 2.75) is 39.3 Å². The van der Waals surface area contributed by atoms with E-state index in [2.05, 4.69) is 0 Å². The Hall–Kier alpha value is -0.610. The summed E-state index contributed by atoms with van der Waals surface area (Å²) >= 11 is 0. The number of carbonyl (C=O) groups is 1. The molecule has 1 aliphatic heterocycles. The van der Waals surface area contributed by atoms with E-state index in [1.54, 1.807) is 0 Å². The minimum absolute atomic E-state index is 0.0170. The highest BCUT2D eigenvalue weighted by molar-refractivity contribution is 5.67. The summed E-state index contributed by atoms with van der Waals surface area (Å²) in [5, 5.41) is 18.0. The molecule has 1 unspecified atom stereocenters. The highest BCUT2D eigenvalue weighted by Crippen LogP contribution is 2.30.